The summed E-state index contributed by atoms with van der Waals surface area (Å²) >= 11 is 1.78. The van der Waals surface area contributed by atoms with Gasteiger partial charge in [0.15, 0.2) is 5.75 Å². The van der Waals surface area contributed by atoms with Gasteiger partial charge in [-0.1, -0.05) is 30.0 Å². The molecule has 4 heteroatoms. The Morgan fingerprint density at radius 3 is 2.64 bits per heavy atom. The van der Waals surface area contributed by atoms with Gasteiger partial charge in [-0.15, -0.1) is 0 Å². The summed E-state index contributed by atoms with van der Waals surface area (Å²) in [6.07, 6.45) is 4.52. The predicted molar refractivity (Wildman–Crippen MR) is 90.7 cm³/mol. The van der Waals surface area contributed by atoms with E-state index in [1.165, 1.54) is 15.4 Å². The van der Waals surface area contributed by atoms with Gasteiger partial charge in [0.2, 0.25) is 0 Å². The summed E-state index contributed by atoms with van der Waals surface area (Å²) in [6, 6.07) is 12.5. The zero-order valence-electron chi connectivity index (χ0n) is 12.9. The summed E-state index contributed by atoms with van der Waals surface area (Å²) in [6.45, 7) is 4.34. The van der Waals surface area contributed by atoms with Crippen LogP contribution in [0.4, 0.5) is 5.69 Å². The van der Waals surface area contributed by atoms with Crippen molar-refractivity contribution < 1.29 is 4.74 Å². The van der Waals surface area contributed by atoms with Gasteiger partial charge >= 0.3 is 0 Å². The second-order valence-electron chi connectivity index (χ2n) is 5.71. The highest BCUT2D eigenvalue weighted by Crippen LogP contribution is 2.52. The van der Waals surface area contributed by atoms with Crippen LogP contribution in [-0.4, -0.2) is 18.1 Å². The summed E-state index contributed by atoms with van der Waals surface area (Å²) < 4.78 is 6.27. The first-order valence-corrected chi connectivity index (χ1v) is 8.24. The lowest BCUT2D eigenvalue weighted by Crippen LogP contribution is -2.34. The zero-order valence-corrected chi connectivity index (χ0v) is 13.7. The average Bonchev–Trinajstić information content (AvgIpc) is 2.85. The molecule has 22 heavy (non-hydrogen) atoms. The van der Waals surface area contributed by atoms with Crippen molar-refractivity contribution in [1.29, 1.82) is 0 Å². The van der Waals surface area contributed by atoms with E-state index in [1.54, 1.807) is 11.8 Å². The Balaban J connectivity index is 1.83. The Bertz CT molecular complexity index is 772. The largest absolute Gasteiger partial charge is 0.453 e. The van der Waals surface area contributed by atoms with Crippen molar-refractivity contribution in [1.82, 2.24) is 4.90 Å². The number of fused-ring (bicyclic) bond motifs is 2. The molecular formula is C18H18N2OS. The summed E-state index contributed by atoms with van der Waals surface area (Å²) in [5.41, 5.74) is 2.39. The summed E-state index contributed by atoms with van der Waals surface area (Å²) in [5, 5.41) is 0. The van der Waals surface area contributed by atoms with Crippen molar-refractivity contribution in [2.24, 2.45) is 0 Å². The average molecular weight is 310 g/mol. The molecule has 0 spiro atoms. The Kier molecular flexibility index (Phi) is 3.08. The van der Waals surface area contributed by atoms with Crippen LogP contribution in [0.3, 0.4) is 0 Å². The molecule has 0 fully saturated rings. The normalized spacial score (nSPS) is 19.0. The standard InChI is InChI=1S/C18H18N2OS/c1-12-8-9-16-18(17(12)20-11-10-19(3)13(20)2)21-14-6-4-5-7-15(14)22-16/h4-11,13H,1-3H3/t13-/m0/s1. The van der Waals surface area contributed by atoms with E-state index in [2.05, 4.69) is 67.4 Å². The molecule has 2 aliphatic rings. The quantitative estimate of drug-likeness (QED) is 0.640. The number of aryl methyl sites for hydroxylation is 1. The van der Waals surface area contributed by atoms with Gasteiger partial charge in [0.25, 0.3) is 0 Å². The summed E-state index contributed by atoms with van der Waals surface area (Å²) in [4.78, 5) is 6.83. The van der Waals surface area contributed by atoms with Crippen molar-refractivity contribution in [2.45, 2.75) is 29.8 Å². The number of para-hydroxylation sites is 1. The van der Waals surface area contributed by atoms with E-state index in [0.717, 1.165) is 17.2 Å². The number of rotatable bonds is 1. The molecule has 0 aliphatic carbocycles. The summed E-state index contributed by atoms with van der Waals surface area (Å²) in [7, 11) is 2.09. The van der Waals surface area contributed by atoms with Crippen LogP contribution in [-0.2, 0) is 0 Å². The highest BCUT2D eigenvalue weighted by atomic mass is 32.2. The number of ether oxygens (including phenoxy) is 1. The molecule has 0 bridgehead atoms. The molecule has 2 aliphatic heterocycles. The minimum absolute atomic E-state index is 0.288. The number of hydrogen-bond donors (Lipinski definition) is 0. The fourth-order valence-electron chi connectivity index (χ4n) is 2.88. The SMILES string of the molecule is Cc1ccc2c(c1N1C=CN(C)[C@@H]1C)Oc1ccccc1S2. The van der Waals surface area contributed by atoms with Gasteiger partial charge in [-0.25, -0.2) is 0 Å². The highest BCUT2D eigenvalue weighted by Gasteiger charge is 2.29. The van der Waals surface area contributed by atoms with Crippen LogP contribution in [0, 0.1) is 6.92 Å². The van der Waals surface area contributed by atoms with Gasteiger partial charge in [-0.2, -0.15) is 0 Å². The molecule has 2 heterocycles. The van der Waals surface area contributed by atoms with Crippen LogP contribution in [0.2, 0.25) is 0 Å². The molecular weight excluding hydrogens is 292 g/mol. The maximum absolute atomic E-state index is 6.27. The monoisotopic (exact) mass is 310 g/mol. The van der Waals surface area contributed by atoms with E-state index < -0.39 is 0 Å². The third-order valence-electron chi connectivity index (χ3n) is 4.29. The second kappa shape index (κ2) is 4.99. The fourth-order valence-corrected chi connectivity index (χ4v) is 3.84. The molecule has 3 nitrogen and oxygen atoms in total. The lowest BCUT2D eigenvalue weighted by molar-refractivity contribution is 0.379. The summed E-state index contributed by atoms with van der Waals surface area (Å²) in [5.74, 6) is 1.91. The third-order valence-corrected chi connectivity index (χ3v) is 5.39. The van der Waals surface area contributed by atoms with Gasteiger partial charge in [0.05, 0.1) is 15.5 Å². The molecule has 0 N–H and O–H groups in total. The van der Waals surface area contributed by atoms with Crippen LogP contribution in [0.15, 0.2) is 58.6 Å². The van der Waals surface area contributed by atoms with E-state index in [-0.39, 0.29) is 6.17 Å². The highest BCUT2D eigenvalue weighted by molar-refractivity contribution is 7.99. The van der Waals surface area contributed by atoms with Gasteiger partial charge < -0.3 is 14.5 Å². The molecule has 1 atom stereocenters. The molecule has 0 saturated heterocycles. The number of benzene rings is 2. The molecule has 4 rings (SSSR count). The van der Waals surface area contributed by atoms with Crippen LogP contribution in [0.5, 0.6) is 11.5 Å². The molecule has 2 aromatic rings. The molecule has 0 unspecified atom stereocenters. The van der Waals surface area contributed by atoms with Gasteiger partial charge in [0.1, 0.15) is 11.9 Å². The van der Waals surface area contributed by atoms with Crippen molar-refractivity contribution in [3.05, 3.63) is 54.4 Å². The first kappa shape index (κ1) is 13.6. The van der Waals surface area contributed by atoms with E-state index >= 15 is 0 Å². The van der Waals surface area contributed by atoms with E-state index in [0.29, 0.717) is 0 Å². The molecule has 112 valence electrons. The smallest absolute Gasteiger partial charge is 0.165 e. The lowest BCUT2D eigenvalue weighted by Gasteiger charge is -2.32. The third kappa shape index (κ3) is 1.98. The minimum atomic E-state index is 0.288. The Morgan fingerprint density at radius 2 is 1.86 bits per heavy atom. The lowest BCUT2D eigenvalue weighted by atomic mass is 10.1. The number of hydrogen-bond acceptors (Lipinski definition) is 4. The Labute approximate surface area is 135 Å². The number of nitrogens with zero attached hydrogens (tertiary/aromatic N) is 2. The maximum Gasteiger partial charge on any atom is 0.165 e. The topological polar surface area (TPSA) is 15.7 Å². The fraction of sp³-hybridized carbons (Fsp3) is 0.222. The molecule has 0 amide bonds. The Morgan fingerprint density at radius 1 is 1.05 bits per heavy atom. The zero-order chi connectivity index (χ0) is 15.3. The molecule has 0 aromatic heterocycles. The van der Waals surface area contributed by atoms with E-state index in [9.17, 15) is 0 Å². The van der Waals surface area contributed by atoms with Crippen LogP contribution in [0.1, 0.15) is 12.5 Å². The number of anilines is 1. The van der Waals surface area contributed by atoms with Crippen LogP contribution in [0.25, 0.3) is 0 Å². The molecule has 2 aromatic carbocycles. The molecule has 0 radical (unpaired) electrons. The second-order valence-corrected chi connectivity index (χ2v) is 6.80. The van der Waals surface area contributed by atoms with E-state index in [1.807, 2.05) is 12.1 Å². The van der Waals surface area contributed by atoms with Crippen LogP contribution < -0.4 is 9.64 Å². The van der Waals surface area contributed by atoms with Crippen molar-refractivity contribution in [3.8, 4) is 11.5 Å². The molecule has 0 saturated carbocycles. The van der Waals surface area contributed by atoms with Crippen molar-refractivity contribution in [3.63, 3.8) is 0 Å². The van der Waals surface area contributed by atoms with Crippen LogP contribution >= 0.6 is 11.8 Å². The Hall–Kier alpha value is -2.07. The first-order valence-electron chi connectivity index (χ1n) is 7.42. The predicted octanol–water partition coefficient (Wildman–Crippen LogP) is 4.82. The van der Waals surface area contributed by atoms with Gasteiger partial charge in [-0.05, 0) is 37.6 Å². The van der Waals surface area contributed by atoms with Crippen molar-refractivity contribution >= 4 is 17.4 Å². The minimum Gasteiger partial charge on any atom is -0.453 e. The van der Waals surface area contributed by atoms with E-state index in [4.69, 9.17) is 4.74 Å². The maximum atomic E-state index is 6.27. The van der Waals surface area contributed by atoms with Gasteiger partial charge in [0, 0.05) is 19.4 Å². The van der Waals surface area contributed by atoms with Gasteiger partial charge in [-0.3, -0.25) is 0 Å². The van der Waals surface area contributed by atoms with Crippen molar-refractivity contribution in [2.75, 3.05) is 11.9 Å². The first-order chi connectivity index (χ1) is 10.6.